The molecule has 2 heterocycles. The molecule has 4 amide bonds. The van der Waals surface area contributed by atoms with Gasteiger partial charge in [-0.15, -0.1) is 0 Å². The van der Waals surface area contributed by atoms with Crippen LogP contribution in [0.2, 0.25) is 0 Å². The van der Waals surface area contributed by atoms with Gasteiger partial charge in [0.2, 0.25) is 11.8 Å². The average Bonchev–Trinajstić information content (AvgIpc) is 3.53. The molecule has 0 bridgehead atoms. The molecule has 15 heteroatoms. The monoisotopic (exact) mass is 837 g/mol. The van der Waals surface area contributed by atoms with Gasteiger partial charge in [-0.05, 0) is 79.8 Å². The molecule has 56 heavy (non-hydrogen) atoms. The fourth-order valence-electron chi connectivity index (χ4n) is 9.17. The van der Waals surface area contributed by atoms with Crippen LogP contribution in [0.4, 0.5) is 37.7 Å². The zero-order chi connectivity index (χ0) is 40.1. The van der Waals surface area contributed by atoms with E-state index in [1.165, 1.54) is 6.07 Å². The summed E-state index contributed by atoms with van der Waals surface area (Å²) < 4.78 is 83.9. The Balaban J connectivity index is 1.31. The van der Waals surface area contributed by atoms with E-state index in [1.54, 1.807) is 72.8 Å². The standard InChI is InChI=1S/C41H30BrF6N3O5/c1-20-7-10-25(11-8-20)49-51-36(54)31-19-29-27(34(30-18-24(42)9-14-32(30)52)39(31,38(51)56)21-5-3-2-4-6-21)12-13-28-33(29)37(55)50(35(28)53)26-16-22(40(43,44)45)15-23(17-26)41(46,47)48/h2-12,14-18,28-29,31,33-34,49,52H,13,19H2,1H3/t28-,29+,31-,33-,34+,39+/m0/s1. The largest absolute Gasteiger partial charge is 0.508 e. The van der Waals surface area contributed by atoms with Gasteiger partial charge in [-0.3, -0.25) is 24.6 Å². The third kappa shape index (κ3) is 5.72. The lowest BCUT2D eigenvalue weighted by molar-refractivity contribution is -0.143. The zero-order valence-corrected chi connectivity index (χ0v) is 30.7. The molecule has 0 spiro atoms. The maximum absolute atomic E-state index is 15.2. The number of hydrazine groups is 1. The van der Waals surface area contributed by atoms with E-state index in [0.717, 1.165) is 10.6 Å². The molecular formula is C41H30BrF6N3O5. The number of carbonyl (C=O) groups is 4. The number of phenolic OH excluding ortho intramolecular Hbond substituents is 1. The molecule has 4 aromatic carbocycles. The van der Waals surface area contributed by atoms with E-state index in [9.17, 15) is 45.8 Å². The molecule has 8 nitrogen and oxygen atoms in total. The molecule has 8 rings (SSSR count). The Labute approximate surface area is 323 Å². The first-order chi connectivity index (χ1) is 26.4. The fraction of sp³-hybridized carbons (Fsp3) is 0.268. The average molecular weight is 839 g/mol. The summed E-state index contributed by atoms with van der Waals surface area (Å²) >= 11 is 3.45. The van der Waals surface area contributed by atoms with E-state index >= 15 is 4.79 Å². The van der Waals surface area contributed by atoms with E-state index in [2.05, 4.69) is 21.4 Å². The highest BCUT2D eigenvalue weighted by Gasteiger charge is 2.70. The van der Waals surface area contributed by atoms with Crippen LogP contribution in [-0.2, 0) is 36.9 Å². The smallest absolute Gasteiger partial charge is 0.416 e. The van der Waals surface area contributed by atoms with E-state index in [1.807, 2.05) is 6.92 Å². The van der Waals surface area contributed by atoms with Gasteiger partial charge in [0, 0.05) is 16.0 Å². The number of carbonyl (C=O) groups excluding carboxylic acids is 4. The summed E-state index contributed by atoms with van der Waals surface area (Å²) in [5, 5.41) is 12.4. The highest BCUT2D eigenvalue weighted by Crippen LogP contribution is 2.65. The van der Waals surface area contributed by atoms with Crippen molar-refractivity contribution in [3.8, 4) is 5.75 Å². The topological polar surface area (TPSA) is 107 Å². The summed E-state index contributed by atoms with van der Waals surface area (Å²) in [5.74, 6) is -9.43. The number of amides is 4. The van der Waals surface area contributed by atoms with Crippen molar-refractivity contribution in [2.45, 2.75) is 43.5 Å². The molecule has 4 aliphatic rings. The van der Waals surface area contributed by atoms with Crippen LogP contribution >= 0.6 is 15.9 Å². The molecule has 2 aliphatic heterocycles. The van der Waals surface area contributed by atoms with Crippen molar-refractivity contribution in [2.24, 2.45) is 23.7 Å². The van der Waals surface area contributed by atoms with Crippen LogP contribution in [-0.4, -0.2) is 33.7 Å². The normalized spacial score (nSPS) is 26.2. The maximum atomic E-state index is 15.2. The number of hydrogen-bond acceptors (Lipinski definition) is 6. The van der Waals surface area contributed by atoms with Crippen LogP contribution in [0.5, 0.6) is 5.75 Å². The molecule has 1 saturated carbocycles. The first-order valence-corrected chi connectivity index (χ1v) is 18.3. The lowest BCUT2D eigenvalue weighted by Gasteiger charge is -2.50. The summed E-state index contributed by atoms with van der Waals surface area (Å²) in [6, 6.07) is 20.6. The number of nitrogens with zero attached hydrogens (tertiary/aromatic N) is 2. The number of phenols is 1. The van der Waals surface area contributed by atoms with E-state index in [-0.39, 0.29) is 30.2 Å². The van der Waals surface area contributed by atoms with Crippen molar-refractivity contribution in [2.75, 3.05) is 10.3 Å². The maximum Gasteiger partial charge on any atom is 0.416 e. The number of aryl methyl sites for hydroxylation is 1. The van der Waals surface area contributed by atoms with Crippen molar-refractivity contribution < 1.29 is 50.6 Å². The molecule has 0 unspecified atom stereocenters. The molecule has 288 valence electrons. The number of allylic oxidation sites excluding steroid dienone is 2. The highest BCUT2D eigenvalue weighted by atomic mass is 79.9. The van der Waals surface area contributed by atoms with Gasteiger partial charge in [0.05, 0.1) is 45.7 Å². The predicted molar refractivity (Wildman–Crippen MR) is 194 cm³/mol. The summed E-state index contributed by atoms with van der Waals surface area (Å²) in [6.07, 6.45) is -9.15. The number of anilines is 2. The van der Waals surface area contributed by atoms with E-state index in [4.69, 9.17) is 0 Å². The summed E-state index contributed by atoms with van der Waals surface area (Å²) in [4.78, 5) is 58.9. The van der Waals surface area contributed by atoms with Crippen molar-refractivity contribution in [3.63, 3.8) is 0 Å². The fourth-order valence-corrected chi connectivity index (χ4v) is 9.55. The Morgan fingerprint density at radius 1 is 0.786 bits per heavy atom. The summed E-state index contributed by atoms with van der Waals surface area (Å²) in [5.41, 5.74) is -0.605. The van der Waals surface area contributed by atoms with Crippen LogP contribution in [0, 0.1) is 30.6 Å². The molecule has 2 aliphatic carbocycles. The molecule has 2 saturated heterocycles. The Bertz CT molecular complexity index is 2320. The summed E-state index contributed by atoms with van der Waals surface area (Å²) in [6.45, 7) is 1.87. The Hall–Kier alpha value is -5.44. The number of benzene rings is 4. The quantitative estimate of drug-likeness (QED) is 0.118. The van der Waals surface area contributed by atoms with Gasteiger partial charge >= 0.3 is 12.4 Å². The van der Waals surface area contributed by atoms with Crippen molar-refractivity contribution >= 4 is 50.9 Å². The molecule has 0 aromatic heterocycles. The Morgan fingerprint density at radius 2 is 1.43 bits per heavy atom. The second kappa shape index (κ2) is 13.1. The zero-order valence-electron chi connectivity index (χ0n) is 29.2. The first kappa shape index (κ1) is 37.5. The van der Waals surface area contributed by atoms with Gasteiger partial charge in [-0.1, -0.05) is 75.6 Å². The van der Waals surface area contributed by atoms with Gasteiger partial charge in [0.15, 0.2) is 0 Å². The second-order valence-electron chi connectivity index (χ2n) is 14.6. The van der Waals surface area contributed by atoms with Crippen LogP contribution in [0.25, 0.3) is 0 Å². The Kier molecular flexibility index (Phi) is 8.75. The van der Waals surface area contributed by atoms with Crippen LogP contribution in [0.15, 0.2) is 107 Å². The predicted octanol–water partition coefficient (Wildman–Crippen LogP) is 8.69. The van der Waals surface area contributed by atoms with Crippen LogP contribution < -0.4 is 10.3 Å². The molecule has 0 radical (unpaired) electrons. The highest BCUT2D eigenvalue weighted by molar-refractivity contribution is 9.10. The van der Waals surface area contributed by atoms with Gasteiger partial charge < -0.3 is 5.11 Å². The third-order valence-corrected chi connectivity index (χ3v) is 12.0. The van der Waals surface area contributed by atoms with Crippen molar-refractivity contribution in [1.29, 1.82) is 0 Å². The molecule has 3 fully saturated rings. The second-order valence-corrected chi connectivity index (χ2v) is 15.5. The number of halogens is 7. The van der Waals surface area contributed by atoms with Crippen molar-refractivity contribution in [3.05, 3.63) is 135 Å². The number of hydrogen-bond donors (Lipinski definition) is 2. The van der Waals surface area contributed by atoms with Gasteiger partial charge in [-0.25, -0.2) is 4.90 Å². The third-order valence-electron chi connectivity index (χ3n) is 11.5. The number of nitrogens with one attached hydrogen (secondary N) is 1. The van der Waals surface area contributed by atoms with E-state index < -0.39 is 87.8 Å². The summed E-state index contributed by atoms with van der Waals surface area (Å²) in [7, 11) is 0. The lowest BCUT2D eigenvalue weighted by atomic mass is 9.49. The van der Waals surface area contributed by atoms with Crippen LogP contribution in [0.1, 0.15) is 46.6 Å². The number of alkyl halides is 6. The Morgan fingerprint density at radius 3 is 2.05 bits per heavy atom. The number of imide groups is 2. The van der Waals surface area contributed by atoms with E-state index in [0.29, 0.717) is 38.3 Å². The number of rotatable bonds is 5. The van der Waals surface area contributed by atoms with Gasteiger partial charge in [-0.2, -0.15) is 31.4 Å². The molecule has 4 aromatic rings. The SMILES string of the molecule is Cc1ccc(NN2C(=O)[C@@H]3C[C@@H]4C(=CC[C@@H]5C(=O)N(c6cc(C(F)(F)F)cc(C(F)(F)F)c6)C(=O)[C@@H]54)[C@H](c4cc(Br)ccc4O)[C@]3(c3ccccc3)C2=O)cc1. The minimum atomic E-state index is -5.24. The number of aromatic hydroxyl groups is 1. The number of fused-ring (bicyclic) bond motifs is 4. The first-order valence-electron chi connectivity index (χ1n) is 17.6. The minimum absolute atomic E-state index is 0.0836. The molecule has 2 N–H and O–H groups in total. The van der Waals surface area contributed by atoms with Crippen LogP contribution in [0.3, 0.4) is 0 Å². The minimum Gasteiger partial charge on any atom is -0.508 e. The van der Waals surface area contributed by atoms with Crippen molar-refractivity contribution in [1.82, 2.24) is 5.01 Å². The molecular weight excluding hydrogens is 808 g/mol. The van der Waals surface area contributed by atoms with Gasteiger partial charge in [0.1, 0.15) is 5.75 Å². The van der Waals surface area contributed by atoms with Gasteiger partial charge in [0.25, 0.3) is 11.8 Å². The lowest BCUT2D eigenvalue weighted by Crippen LogP contribution is -2.53. The molecule has 6 atom stereocenters.